The number of ether oxygens (including phenoxy) is 3. The smallest absolute Gasteiger partial charge is 0.168 e. The van der Waals surface area contributed by atoms with Gasteiger partial charge in [0, 0.05) is 17.5 Å². The van der Waals surface area contributed by atoms with E-state index in [9.17, 15) is 0 Å². The van der Waals surface area contributed by atoms with Crippen LogP contribution in [0.4, 0.5) is 0 Å². The molecule has 0 radical (unpaired) electrons. The molecule has 0 aliphatic carbocycles. The zero-order valence-electron chi connectivity index (χ0n) is 9.96. The fourth-order valence-corrected chi connectivity index (χ4v) is 2.52. The molecule has 2 rings (SSSR count). The second-order valence-electron chi connectivity index (χ2n) is 3.97. The maximum absolute atomic E-state index is 5.74. The summed E-state index contributed by atoms with van der Waals surface area (Å²) < 4.78 is 17.6. The fourth-order valence-electron chi connectivity index (χ4n) is 1.94. The number of methoxy groups -OCH3 is 1. The van der Waals surface area contributed by atoms with Gasteiger partial charge in [0.25, 0.3) is 0 Å². The standard InChI is InChI=1S/C12H16BrNO3/c1-7(6-14)10-11(15-2)8(13)5-9-12(10)17-4-3-16-9/h5,7H,3-4,6,14H2,1-2H3. The van der Waals surface area contributed by atoms with Crippen LogP contribution in [0.2, 0.25) is 0 Å². The molecule has 0 spiro atoms. The van der Waals surface area contributed by atoms with Crippen molar-refractivity contribution in [2.75, 3.05) is 26.9 Å². The third-order valence-electron chi connectivity index (χ3n) is 2.83. The molecule has 1 heterocycles. The molecular formula is C12H16BrNO3. The molecule has 2 N–H and O–H groups in total. The van der Waals surface area contributed by atoms with E-state index in [4.69, 9.17) is 19.9 Å². The van der Waals surface area contributed by atoms with Gasteiger partial charge in [0.15, 0.2) is 11.5 Å². The van der Waals surface area contributed by atoms with Crippen LogP contribution < -0.4 is 19.9 Å². The summed E-state index contributed by atoms with van der Waals surface area (Å²) >= 11 is 3.48. The normalized spacial score (nSPS) is 15.5. The highest BCUT2D eigenvalue weighted by atomic mass is 79.9. The lowest BCUT2D eigenvalue weighted by atomic mass is 9.98. The summed E-state index contributed by atoms with van der Waals surface area (Å²) in [6, 6.07) is 1.88. The van der Waals surface area contributed by atoms with Gasteiger partial charge in [-0.2, -0.15) is 0 Å². The SMILES string of the molecule is COc1c(Br)cc2c(c1C(C)CN)OCCO2. The molecule has 1 aliphatic rings. The summed E-state index contributed by atoms with van der Waals surface area (Å²) in [5, 5.41) is 0. The molecule has 17 heavy (non-hydrogen) atoms. The maximum Gasteiger partial charge on any atom is 0.168 e. The molecule has 0 aromatic heterocycles. The number of halogens is 1. The summed E-state index contributed by atoms with van der Waals surface area (Å²) in [7, 11) is 1.64. The van der Waals surface area contributed by atoms with Crippen molar-refractivity contribution in [1.29, 1.82) is 0 Å². The molecule has 4 nitrogen and oxygen atoms in total. The highest BCUT2D eigenvalue weighted by Gasteiger charge is 2.25. The van der Waals surface area contributed by atoms with Crippen LogP contribution >= 0.6 is 15.9 Å². The van der Waals surface area contributed by atoms with Gasteiger partial charge in [0.1, 0.15) is 19.0 Å². The highest BCUT2D eigenvalue weighted by Crippen LogP contribution is 2.47. The Morgan fingerprint density at radius 1 is 1.47 bits per heavy atom. The van der Waals surface area contributed by atoms with E-state index < -0.39 is 0 Å². The van der Waals surface area contributed by atoms with E-state index in [0.29, 0.717) is 19.8 Å². The molecule has 94 valence electrons. The lowest BCUT2D eigenvalue weighted by Gasteiger charge is -2.25. The van der Waals surface area contributed by atoms with Crippen molar-refractivity contribution >= 4 is 15.9 Å². The second kappa shape index (κ2) is 5.14. The Labute approximate surface area is 109 Å². The molecule has 0 saturated carbocycles. The minimum Gasteiger partial charge on any atom is -0.495 e. The largest absolute Gasteiger partial charge is 0.495 e. The Kier molecular flexibility index (Phi) is 3.79. The van der Waals surface area contributed by atoms with Gasteiger partial charge < -0.3 is 19.9 Å². The molecule has 0 saturated heterocycles. The van der Waals surface area contributed by atoms with E-state index in [2.05, 4.69) is 15.9 Å². The first kappa shape index (κ1) is 12.5. The van der Waals surface area contributed by atoms with Crippen molar-refractivity contribution in [2.24, 2.45) is 5.73 Å². The third-order valence-corrected chi connectivity index (χ3v) is 3.41. The Morgan fingerprint density at radius 2 is 2.18 bits per heavy atom. The highest BCUT2D eigenvalue weighted by molar-refractivity contribution is 9.10. The number of hydrogen-bond acceptors (Lipinski definition) is 4. The molecule has 1 unspecified atom stereocenters. The lowest BCUT2D eigenvalue weighted by Crippen LogP contribution is -2.19. The third kappa shape index (κ3) is 2.21. The van der Waals surface area contributed by atoms with Crippen molar-refractivity contribution in [3.05, 3.63) is 16.1 Å². The van der Waals surface area contributed by atoms with Crippen LogP contribution in [0.5, 0.6) is 17.2 Å². The van der Waals surface area contributed by atoms with Gasteiger partial charge in [0.2, 0.25) is 0 Å². The predicted octanol–water partition coefficient (Wildman–Crippen LogP) is 2.29. The summed E-state index contributed by atoms with van der Waals surface area (Å²) in [5.74, 6) is 2.43. The van der Waals surface area contributed by atoms with Gasteiger partial charge in [-0.25, -0.2) is 0 Å². The van der Waals surface area contributed by atoms with Gasteiger partial charge in [-0.05, 0) is 22.5 Å². The molecule has 1 aliphatic heterocycles. The number of rotatable bonds is 3. The van der Waals surface area contributed by atoms with Crippen LogP contribution in [0.15, 0.2) is 10.5 Å². The van der Waals surface area contributed by atoms with Crippen molar-refractivity contribution in [1.82, 2.24) is 0 Å². The van der Waals surface area contributed by atoms with Gasteiger partial charge >= 0.3 is 0 Å². The number of benzene rings is 1. The van der Waals surface area contributed by atoms with Crippen LogP contribution in [-0.4, -0.2) is 26.9 Å². The van der Waals surface area contributed by atoms with Gasteiger partial charge in [0.05, 0.1) is 11.6 Å². The number of fused-ring (bicyclic) bond motifs is 1. The number of hydrogen-bond donors (Lipinski definition) is 1. The minimum absolute atomic E-state index is 0.151. The monoisotopic (exact) mass is 301 g/mol. The second-order valence-corrected chi connectivity index (χ2v) is 4.82. The fraction of sp³-hybridized carbons (Fsp3) is 0.500. The summed E-state index contributed by atoms with van der Waals surface area (Å²) in [4.78, 5) is 0. The van der Waals surface area contributed by atoms with E-state index in [1.165, 1.54) is 0 Å². The first-order valence-electron chi connectivity index (χ1n) is 5.55. The van der Waals surface area contributed by atoms with Crippen molar-refractivity contribution in [3.63, 3.8) is 0 Å². The van der Waals surface area contributed by atoms with E-state index >= 15 is 0 Å². The van der Waals surface area contributed by atoms with Crippen LogP contribution in [-0.2, 0) is 0 Å². The van der Waals surface area contributed by atoms with Gasteiger partial charge in [-0.3, -0.25) is 0 Å². The molecule has 5 heteroatoms. The van der Waals surface area contributed by atoms with Crippen molar-refractivity contribution < 1.29 is 14.2 Å². The van der Waals surface area contributed by atoms with E-state index in [0.717, 1.165) is 27.3 Å². The lowest BCUT2D eigenvalue weighted by molar-refractivity contribution is 0.168. The molecule has 1 aromatic rings. The van der Waals surface area contributed by atoms with Crippen molar-refractivity contribution in [2.45, 2.75) is 12.8 Å². The Bertz CT molecular complexity index is 423. The summed E-state index contributed by atoms with van der Waals surface area (Å²) in [6.45, 7) is 3.70. The average Bonchev–Trinajstić information content (AvgIpc) is 2.36. The van der Waals surface area contributed by atoms with Crippen molar-refractivity contribution in [3.8, 4) is 17.2 Å². The predicted molar refractivity (Wildman–Crippen MR) is 69.2 cm³/mol. The van der Waals surface area contributed by atoms with Crippen LogP contribution in [0.3, 0.4) is 0 Å². The first-order valence-corrected chi connectivity index (χ1v) is 6.34. The molecular weight excluding hydrogens is 286 g/mol. The van der Waals surface area contributed by atoms with Gasteiger partial charge in [-0.15, -0.1) is 0 Å². The molecule has 0 fully saturated rings. The van der Waals surface area contributed by atoms with Crippen LogP contribution in [0.1, 0.15) is 18.4 Å². The molecule has 0 amide bonds. The molecule has 1 aromatic carbocycles. The van der Waals surface area contributed by atoms with E-state index in [1.54, 1.807) is 7.11 Å². The Hall–Kier alpha value is -0.940. The van der Waals surface area contributed by atoms with E-state index in [-0.39, 0.29) is 5.92 Å². The maximum atomic E-state index is 5.74. The van der Waals surface area contributed by atoms with E-state index in [1.807, 2.05) is 13.0 Å². The minimum atomic E-state index is 0.151. The quantitative estimate of drug-likeness (QED) is 0.931. The van der Waals surface area contributed by atoms with Crippen LogP contribution in [0, 0.1) is 0 Å². The topological polar surface area (TPSA) is 53.7 Å². The summed E-state index contributed by atoms with van der Waals surface area (Å²) in [6.07, 6.45) is 0. The Balaban J connectivity index is 2.61. The molecule has 1 atom stereocenters. The van der Waals surface area contributed by atoms with Crippen LogP contribution in [0.25, 0.3) is 0 Å². The summed E-state index contributed by atoms with van der Waals surface area (Å²) in [5.41, 5.74) is 6.71. The van der Waals surface area contributed by atoms with Gasteiger partial charge in [-0.1, -0.05) is 6.92 Å². The zero-order chi connectivity index (χ0) is 12.4. The Morgan fingerprint density at radius 3 is 2.82 bits per heavy atom. The molecule has 0 bridgehead atoms. The number of nitrogens with two attached hydrogens (primary N) is 1. The average molecular weight is 302 g/mol. The zero-order valence-corrected chi connectivity index (χ0v) is 11.5. The first-order chi connectivity index (χ1) is 8.19.